The predicted molar refractivity (Wildman–Crippen MR) is 94.6 cm³/mol. The van der Waals surface area contributed by atoms with E-state index in [2.05, 4.69) is 19.1 Å². The van der Waals surface area contributed by atoms with Crippen molar-refractivity contribution in [3.05, 3.63) is 35.9 Å². The van der Waals surface area contributed by atoms with E-state index in [-0.39, 0.29) is 23.1 Å². The normalized spacial score (nSPS) is 23.6. The minimum absolute atomic E-state index is 0.0340. The Morgan fingerprint density at radius 1 is 1.17 bits per heavy atom. The Morgan fingerprint density at radius 2 is 1.83 bits per heavy atom. The summed E-state index contributed by atoms with van der Waals surface area (Å²) in [6.45, 7) is 7.27. The molecule has 0 radical (unpaired) electrons. The van der Waals surface area contributed by atoms with Gasteiger partial charge in [-0.15, -0.1) is 0 Å². The highest BCUT2D eigenvalue weighted by molar-refractivity contribution is 5.84. The van der Waals surface area contributed by atoms with Gasteiger partial charge in [-0.3, -0.25) is 9.59 Å². The van der Waals surface area contributed by atoms with Crippen molar-refractivity contribution < 1.29 is 9.59 Å². The minimum atomic E-state index is -0.0340. The van der Waals surface area contributed by atoms with Crippen molar-refractivity contribution >= 4 is 11.8 Å². The van der Waals surface area contributed by atoms with Gasteiger partial charge in [0.25, 0.3) is 0 Å². The zero-order valence-electron chi connectivity index (χ0n) is 14.8. The highest BCUT2D eigenvalue weighted by Crippen LogP contribution is 2.45. The molecule has 130 valence electrons. The van der Waals surface area contributed by atoms with Crippen LogP contribution in [-0.4, -0.2) is 47.8 Å². The molecule has 2 heterocycles. The molecule has 2 saturated heterocycles. The molecule has 24 heavy (non-hydrogen) atoms. The first-order chi connectivity index (χ1) is 11.6. The Labute approximate surface area is 144 Å². The highest BCUT2D eigenvalue weighted by atomic mass is 16.2. The number of benzene rings is 1. The molecule has 2 aliphatic rings. The van der Waals surface area contributed by atoms with Crippen LogP contribution in [0.2, 0.25) is 0 Å². The van der Waals surface area contributed by atoms with Crippen LogP contribution in [0.4, 0.5) is 0 Å². The fraction of sp³-hybridized carbons (Fsp3) is 0.600. The zero-order valence-corrected chi connectivity index (χ0v) is 14.8. The van der Waals surface area contributed by atoms with Gasteiger partial charge in [0.05, 0.1) is 5.92 Å². The van der Waals surface area contributed by atoms with Crippen molar-refractivity contribution in [2.75, 3.05) is 26.2 Å². The van der Waals surface area contributed by atoms with Crippen molar-refractivity contribution in [2.24, 2.45) is 5.41 Å². The largest absolute Gasteiger partial charge is 0.343 e. The monoisotopic (exact) mass is 328 g/mol. The van der Waals surface area contributed by atoms with E-state index in [0.29, 0.717) is 6.42 Å². The first-order valence-corrected chi connectivity index (χ1v) is 9.20. The molecule has 0 saturated carbocycles. The second-order valence-corrected chi connectivity index (χ2v) is 7.25. The van der Waals surface area contributed by atoms with E-state index in [1.54, 1.807) is 0 Å². The van der Waals surface area contributed by atoms with Crippen LogP contribution in [0.15, 0.2) is 30.3 Å². The van der Waals surface area contributed by atoms with Crippen LogP contribution in [-0.2, 0) is 9.59 Å². The Balaban J connectivity index is 1.80. The predicted octanol–water partition coefficient (Wildman–Crippen LogP) is 3.04. The number of likely N-dealkylation sites (tertiary alicyclic amines) is 2. The molecule has 1 aromatic carbocycles. The van der Waals surface area contributed by atoms with Crippen molar-refractivity contribution in [3.63, 3.8) is 0 Å². The van der Waals surface area contributed by atoms with Crippen LogP contribution in [0.1, 0.15) is 51.0 Å². The van der Waals surface area contributed by atoms with Crippen LogP contribution in [0.3, 0.4) is 0 Å². The SMILES string of the molecule is CCC(=O)N1CCC2(CC1)C[C@H](c1ccccc1)C(=O)N(CC)C2. The lowest BCUT2D eigenvalue weighted by Gasteiger charge is -2.49. The summed E-state index contributed by atoms with van der Waals surface area (Å²) in [7, 11) is 0. The maximum atomic E-state index is 12.9. The van der Waals surface area contributed by atoms with Crippen molar-refractivity contribution in [1.29, 1.82) is 0 Å². The summed E-state index contributed by atoms with van der Waals surface area (Å²) in [5.41, 5.74) is 1.29. The van der Waals surface area contributed by atoms with Gasteiger partial charge >= 0.3 is 0 Å². The molecule has 0 aliphatic carbocycles. The molecule has 0 aromatic heterocycles. The fourth-order valence-electron chi connectivity index (χ4n) is 4.32. The Morgan fingerprint density at radius 3 is 2.42 bits per heavy atom. The average Bonchev–Trinajstić information content (AvgIpc) is 2.64. The van der Waals surface area contributed by atoms with Crippen molar-refractivity contribution in [1.82, 2.24) is 9.80 Å². The number of rotatable bonds is 3. The molecule has 2 amide bonds. The number of hydrogen-bond donors (Lipinski definition) is 0. The minimum Gasteiger partial charge on any atom is -0.343 e. The Hall–Kier alpha value is -1.84. The van der Waals surface area contributed by atoms with Crippen LogP contribution < -0.4 is 0 Å². The molecule has 2 fully saturated rings. The highest BCUT2D eigenvalue weighted by Gasteiger charge is 2.45. The third-order valence-corrected chi connectivity index (χ3v) is 5.84. The van der Waals surface area contributed by atoms with Crippen LogP contribution in [0, 0.1) is 5.41 Å². The second-order valence-electron chi connectivity index (χ2n) is 7.25. The lowest BCUT2D eigenvalue weighted by molar-refractivity contribution is -0.144. The third kappa shape index (κ3) is 3.19. The quantitative estimate of drug-likeness (QED) is 0.856. The molecule has 1 spiro atoms. The van der Waals surface area contributed by atoms with Gasteiger partial charge < -0.3 is 9.80 Å². The number of carbonyl (C=O) groups excluding carboxylic acids is 2. The summed E-state index contributed by atoms with van der Waals surface area (Å²) in [4.78, 5) is 28.8. The van der Waals surface area contributed by atoms with Crippen molar-refractivity contribution in [2.45, 2.75) is 45.4 Å². The van der Waals surface area contributed by atoms with E-state index in [1.165, 1.54) is 0 Å². The number of hydrogen-bond acceptors (Lipinski definition) is 2. The van der Waals surface area contributed by atoms with Gasteiger partial charge in [0.2, 0.25) is 11.8 Å². The standard InChI is InChI=1S/C20H28N2O2/c1-3-18(23)22-12-10-20(11-13-22)14-17(16-8-6-5-7-9-16)19(24)21(4-2)15-20/h5-9,17H,3-4,10-15H2,1-2H3/t17-/m1/s1. The summed E-state index contributed by atoms with van der Waals surface area (Å²) in [5.74, 6) is 0.485. The van der Waals surface area contributed by atoms with Crippen LogP contribution in [0.5, 0.6) is 0 Å². The average molecular weight is 328 g/mol. The maximum Gasteiger partial charge on any atom is 0.230 e. The third-order valence-electron chi connectivity index (χ3n) is 5.84. The molecule has 2 aliphatic heterocycles. The van der Waals surface area contributed by atoms with E-state index in [9.17, 15) is 9.59 Å². The van der Waals surface area contributed by atoms with Gasteiger partial charge in [-0.25, -0.2) is 0 Å². The lowest BCUT2D eigenvalue weighted by Crippen LogP contribution is -2.54. The number of likely N-dealkylation sites (N-methyl/N-ethyl adjacent to an activating group) is 1. The van der Waals surface area contributed by atoms with Crippen LogP contribution >= 0.6 is 0 Å². The van der Waals surface area contributed by atoms with E-state index < -0.39 is 0 Å². The zero-order chi connectivity index (χ0) is 17.2. The molecule has 1 atom stereocenters. The number of amides is 2. The first-order valence-electron chi connectivity index (χ1n) is 9.20. The van der Waals surface area contributed by atoms with E-state index in [1.807, 2.05) is 34.9 Å². The van der Waals surface area contributed by atoms with E-state index in [0.717, 1.165) is 51.0 Å². The molecular formula is C20H28N2O2. The van der Waals surface area contributed by atoms with Gasteiger partial charge in [0, 0.05) is 32.6 Å². The second kappa shape index (κ2) is 6.96. The summed E-state index contributed by atoms with van der Waals surface area (Å²) in [6, 6.07) is 10.2. The number of carbonyl (C=O) groups is 2. The van der Waals surface area contributed by atoms with Crippen LogP contribution in [0.25, 0.3) is 0 Å². The molecule has 0 unspecified atom stereocenters. The molecule has 0 N–H and O–H groups in total. The summed E-state index contributed by atoms with van der Waals surface area (Å²) in [6.07, 6.45) is 3.51. The number of piperidine rings is 2. The van der Waals surface area contributed by atoms with Crippen molar-refractivity contribution in [3.8, 4) is 0 Å². The Kier molecular flexibility index (Phi) is 4.93. The maximum absolute atomic E-state index is 12.9. The number of nitrogens with zero attached hydrogens (tertiary/aromatic N) is 2. The summed E-state index contributed by atoms with van der Waals surface area (Å²) >= 11 is 0. The Bertz CT molecular complexity index is 591. The first kappa shape index (κ1) is 17.0. The molecule has 0 bridgehead atoms. The molecule has 3 rings (SSSR count). The summed E-state index contributed by atoms with van der Waals surface area (Å²) in [5, 5.41) is 0. The van der Waals surface area contributed by atoms with Gasteiger partial charge in [0.15, 0.2) is 0 Å². The van der Waals surface area contributed by atoms with Gasteiger partial charge in [-0.1, -0.05) is 37.3 Å². The fourth-order valence-corrected chi connectivity index (χ4v) is 4.32. The summed E-state index contributed by atoms with van der Waals surface area (Å²) < 4.78 is 0. The topological polar surface area (TPSA) is 40.6 Å². The van der Waals surface area contributed by atoms with E-state index >= 15 is 0 Å². The van der Waals surface area contributed by atoms with Gasteiger partial charge in [-0.05, 0) is 37.2 Å². The van der Waals surface area contributed by atoms with Gasteiger partial charge in [-0.2, -0.15) is 0 Å². The molecule has 1 aromatic rings. The lowest BCUT2D eigenvalue weighted by atomic mass is 9.67. The smallest absolute Gasteiger partial charge is 0.230 e. The molecular weight excluding hydrogens is 300 g/mol. The molecule has 4 heteroatoms. The van der Waals surface area contributed by atoms with E-state index in [4.69, 9.17) is 0 Å². The molecule has 4 nitrogen and oxygen atoms in total. The van der Waals surface area contributed by atoms with Gasteiger partial charge in [0.1, 0.15) is 0 Å².